The van der Waals surface area contributed by atoms with Gasteiger partial charge in [-0.25, -0.2) is 0 Å². The molecule has 2 heterocycles. The molecule has 0 saturated carbocycles. The first-order valence-corrected chi connectivity index (χ1v) is 4.41. The Kier molecular flexibility index (Phi) is 1.65. The van der Waals surface area contributed by atoms with Gasteiger partial charge in [-0.2, -0.15) is 0 Å². The average Bonchev–Trinajstić information content (AvgIpc) is 2.61. The lowest BCUT2D eigenvalue weighted by atomic mass is 10.3. The second-order valence-corrected chi connectivity index (χ2v) is 4.39. The fourth-order valence-corrected chi connectivity index (χ4v) is 2.36. The van der Waals surface area contributed by atoms with Gasteiger partial charge in [0.25, 0.3) is 0 Å². The number of hydrogen-bond acceptors (Lipinski definition) is 2. The van der Waals surface area contributed by atoms with Crippen molar-refractivity contribution in [3.63, 3.8) is 0 Å². The van der Waals surface area contributed by atoms with E-state index in [9.17, 15) is 0 Å². The highest BCUT2D eigenvalue weighted by Crippen LogP contribution is 2.41. The van der Waals surface area contributed by atoms with Crippen LogP contribution < -0.4 is 0 Å². The zero-order valence-electron chi connectivity index (χ0n) is 4.93. The summed E-state index contributed by atoms with van der Waals surface area (Å²) in [5, 5.41) is 0. The highest BCUT2D eigenvalue weighted by Gasteiger charge is 2.28. The zero-order chi connectivity index (χ0) is 7.14. The maximum atomic E-state index is 5.83. The minimum atomic E-state index is 0.219. The molecule has 1 aromatic rings. The number of epoxide rings is 1. The second-order valence-electron chi connectivity index (χ2n) is 2.10. The molecule has 0 aliphatic carbocycles. The van der Waals surface area contributed by atoms with E-state index in [-0.39, 0.29) is 6.10 Å². The van der Waals surface area contributed by atoms with Crippen molar-refractivity contribution in [1.82, 2.24) is 0 Å². The standard InChI is InChI=1S/C6H4Cl2OS/c7-5-1-3(4-2-9-4)6(8)10-5/h1,4H,2H2/t4-/m0/s1. The van der Waals surface area contributed by atoms with Gasteiger partial charge in [0.05, 0.1) is 10.9 Å². The van der Waals surface area contributed by atoms with E-state index in [1.54, 1.807) is 0 Å². The van der Waals surface area contributed by atoms with Crippen molar-refractivity contribution in [1.29, 1.82) is 0 Å². The van der Waals surface area contributed by atoms with E-state index in [4.69, 9.17) is 27.9 Å². The van der Waals surface area contributed by atoms with Crippen LogP contribution in [0.15, 0.2) is 6.07 Å². The molecule has 1 atom stereocenters. The molecule has 0 N–H and O–H groups in total. The third kappa shape index (κ3) is 1.17. The van der Waals surface area contributed by atoms with Gasteiger partial charge in [0.1, 0.15) is 10.4 Å². The number of rotatable bonds is 1. The predicted molar refractivity (Wildman–Crippen MR) is 43.0 cm³/mol. The molecular formula is C6H4Cl2OS. The lowest BCUT2D eigenvalue weighted by Crippen LogP contribution is -1.72. The third-order valence-corrected chi connectivity index (χ3v) is 2.88. The molecule has 0 spiro atoms. The average molecular weight is 195 g/mol. The molecule has 54 valence electrons. The molecule has 0 radical (unpaired) electrons. The monoisotopic (exact) mass is 194 g/mol. The van der Waals surface area contributed by atoms with E-state index in [0.717, 1.165) is 20.8 Å². The van der Waals surface area contributed by atoms with Crippen molar-refractivity contribution in [2.75, 3.05) is 6.61 Å². The minimum Gasteiger partial charge on any atom is -0.368 e. The molecule has 0 unspecified atom stereocenters. The van der Waals surface area contributed by atoms with Crippen LogP contribution in [0, 0.1) is 0 Å². The fourth-order valence-electron chi connectivity index (χ4n) is 0.800. The molecule has 0 aromatic carbocycles. The maximum absolute atomic E-state index is 5.83. The van der Waals surface area contributed by atoms with Gasteiger partial charge in [-0.1, -0.05) is 23.2 Å². The van der Waals surface area contributed by atoms with E-state index < -0.39 is 0 Å². The summed E-state index contributed by atoms with van der Waals surface area (Å²) in [5.74, 6) is 0. The Bertz CT molecular complexity index is 254. The summed E-state index contributed by atoms with van der Waals surface area (Å²) >= 11 is 12.9. The smallest absolute Gasteiger partial charge is 0.108 e. The third-order valence-electron chi connectivity index (χ3n) is 1.36. The van der Waals surface area contributed by atoms with Gasteiger partial charge in [-0.15, -0.1) is 11.3 Å². The van der Waals surface area contributed by atoms with E-state index >= 15 is 0 Å². The van der Waals surface area contributed by atoms with Crippen LogP contribution in [0.5, 0.6) is 0 Å². The lowest BCUT2D eigenvalue weighted by molar-refractivity contribution is 0.416. The van der Waals surface area contributed by atoms with Crippen LogP contribution in [0.25, 0.3) is 0 Å². The van der Waals surface area contributed by atoms with Crippen molar-refractivity contribution in [2.24, 2.45) is 0 Å². The van der Waals surface area contributed by atoms with E-state index in [1.165, 1.54) is 11.3 Å². The largest absolute Gasteiger partial charge is 0.368 e. The van der Waals surface area contributed by atoms with Crippen molar-refractivity contribution in [2.45, 2.75) is 6.10 Å². The summed E-state index contributed by atoms with van der Waals surface area (Å²) in [7, 11) is 0. The van der Waals surface area contributed by atoms with Gasteiger partial charge in [-0.3, -0.25) is 0 Å². The predicted octanol–water partition coefficient (Wildman–Crippen LogP) is 3.13. The van der Waals surface area contributed by atoms with Crippen LogP contribution in [-0.4, -0.2) is 6.61 Å². The molecule has 1 saturated heterocycles. The molecule has 1 nitrogen and oxygen atoms in total. The summed E-state index contributed by atoms with van der Waals surface area (Å²) in [5.41, 5.74) is 1.04. The van der Waals surface area contributed by atoms with Crippen LogP contribution in [0.3, 0.4) is 0 Å². The van der Waals surface area contributed by atoms with Crippen molar-refractivity contribution in [3.05, 3.63) is 20.3 Å². The van der Waals surface area contributed by atoms with Gasteiger partial charge >= 0.3 is 0 Å². The Morgan fingerprint density at radius 1 is 1.60 bits per heavy atom. The van der Waals surface area contributed by atoms with Gasteiger partial charge in [-0.05, 0) is 6.07 Å². The van der Waals surface area contributed by atoms with E-state index in [2.05, 4.69) is 0 Å². The number of hydrogen-bond donors (Lipinski definition) is 0. The molecular weight excluding hydrogens is 191 g/mol. The first-order chi connectivity index (χ1) is 4.77. The van der Waals surface area contributed by atoms with Gasteiger partial charge in [0.15, 0.2) is 0 Å². The summed E-state index contributed by atoms with van der Waals surface area (Å²) < 4.78 is 6.54. The summed E-state index contributed by atoms with van der Waals surface area (Å²) in [4.78, 5) is 0. The topological polar surface area (TPSA) is 12.5 Å². The molecule has 10 heavy (non-hydrogen) atoms. The molecule has 2 rings (SSSR count). The summed E-state index contributed by atoms with van der Waals surface area (Å²) in [6.07, 6.45) is 0.219. The highest BCUT2D eigenvalue weighted by molar-refractivity contribution is 7.20. The normalized spacial score (nSPS) is 23.2. The van der Waals surface area contributed by atoms with Crippen LogP contribution >= 0.6 is 34.5 Å². The van der Waals surface area contributed by atoms with E-state index in [1.807, 2.05) is 6.07 Å². The summed E-state index contributed by atoms with van der Waals surface area (Å²) in [6.45, 7) is 0.785. The van der Waals surface area contributed by atoms with Crippen LogP contribution in [-0.2, 0) is 4.74 Å². The number of ether oxygens (including phenoxy) is 1. The SMILES string of the molecule is Clc1cc([C@@H]2CO2)c(Cl)s1. The van der Waals surface area contributed by atoms with Crippen molar-refractivity contribution in [3.8, 4) is 0 Å². The van der Waals surface area contributed by atoms with Crippen molar-refractivity contribution < 1.29 is 4.74 Å². The first-order valence-electron chi connectivity index (χ1n) is 2.83. The Hall–Kier alpha value is 0.240. The lowest BCUT2D eigenvalue weighted by Gasteiger charge is -1.85. The molecule has 0 amide bonds. The Morgan fingerprint density at radius 2 is 2.30 bits per heavy atom. The van der Waals surface area contributed by atoms with Gasteiger partial charge in [0.2, 0.25) is 0 Å². The molecule has 1 fully saturated rings. The Balaban J connectivity index is 2.38. The van der Waals surface area contributed by atoms with Crippen LogP contribution in [0.1, 0.15) is 11.7 Å². The zero-order valence-corrected chi connectivity index (χ0v) is 7.26. The maximum Gasteiger partial charge on any atom is 0.108 e. The van der Waals surface area contributed by atoms with Crippen molar-refractivity contribution >= 4 is 34.5 Å². The summed E-state index contributed by atoms with van der Waals surface area (Å²) in [6, 6.07) is 1.87. The van der Waals surface area contributed by atoms with Crippen LogP contribution in [0.2, 0.25) is 8.67 Å². The van der Waals surface area contributed by atoms with E-state index in [0.29, 0.717) is 0 Å². The Labute approximate surface area is 72.5 Å². The molecule has 1 aliphatic rings. The molecule has 1 aliphatic heterocycles. The Morgan fingerprint density at radius 3 is 2.70 bits per heavy atom. The minimum absolute atomic E-state index is 0.219. The van der Waals surface area contributed by atoms with Gasteiger partial charge < -0.3 is 4.74 Å². The molecule has 1 aromatic heterocycles. The first kappa shape index (κ1) is 6.92. The second kappa shape index (κ2) is 2.38. The fraction of sp³-hybridized carbons (Fsp3) is 0.333. The highest BCUT2D eigenvalue weighted by atomic mass is 35.5. The number of halogens is 2. The van der Waals surface area contributed by atoms with Gasteiger partial charge in [0, 0.05) is 5.56 Å². The number of thiophene rings is 1. The molecule has 0 bridgehead atoms. The molecule has 4 heteroatoms. The quantitative estimate of drug-likeness (QED) is 0.627. The van der Waals surface area contributed by atoms with Crippen LogP contribution in [0.4, 0.5) is 0 Å².